The summed E-state index contributed by atoms with van der Waals surface area (Å²) in [6, 6.07) is 0.539. The number of hydrogen-bond donors (Lipinski definition) is 1. The molecule has 1 aromatic rings. The minimum atomic E-state index is 0.539. The van der Waals surface area contributed by atoms with Crippen molar-refractivity contribution in [2.45, 2.75) is 38.1 Å². The van der Waals surface area contributed by atoms with E-state index in [-0.39, 0.29) is 0 Å². The van der Waals surface area contributed by atoms with Gasteiger partial charge in [0.15, 0.2) is 0 Å². The fraction of sp³-hybridized carbons (Fsp3) is 0.769. The van der Waals surface area contributed by atoms with Crippen LogP contribution in [-0.2, 0) is 6.42 Å². The van der Waals surface area contributed by atoms with E-state index in [9.17, 15) is 0 Å². The molecule has 0 saturated carbocycles. The monoisotopic (exact) mass is 253 g/mol. The fourth-order valence-corrected chi connectivity index (χ4v) is 3.55. The molecule has 4 heteroatoms. The Hall–Kier alpha value is -0.450. The van der Waals surface area contributed by atoms with E-state index in [0.717, 1.165) is 6.42 Å². The predicted octanol–water partition coefficient (Wildman–Crippen LogP) is 2.10. The van der Waals surface area contributed by atoms with Crippen molar-refractivity contribution in [2.75, 3.05) is 27.2 Å². The van der Waals surface area contributed by atoms with Gasteiger partial charge >= 0.3 is 0 Å². The Morgan fingerprint density at radius 1 is 1.65 bits per heavy atom. The van der Waals surface area contributed by atoms with Crippen LogP contribution in [0.1, 0.15) is 35.6 Å². The van der Waals surface area contributed by atoms with Gasteiger partial charge in [0, 0.05) is 29.6 Å². The van der Waals surface area contributed by atoms with Gasteiger partial charge in [-0.15, -0.1) is 11.3 Å². The Balaban J connectivity index is 1.97. The lowest BCUT2D eigenvalue weighted by atomic mass is 9.99. The Morgan fingerprint density at radius 2 is 2.47 bits per heavy atom. The molecule has 2 rings (SSSR count). The summed E-state index contributed by atoms with van der Waals surface area (Å²) in [6.07, 6.45) is 5.78. The highest BCUT2D eigenvalue weighted by atomic mass is 32.1. The van der Waals surface area contributed by atoms with Crippen molar-refractivity contribution in [3.05, 3.63) is 16.1 Å². The first-order valence-electron chi connectivity index (χ1n) is 6.49. The number of aromatic nitrogens is 1. The summed E-state index contributed by atoms with van der Waals surface area (Å²) in [4.78, 5) is 8.46. The van der Waals surface area contributed by atoms with E-state index in [2.05, 4.69) is 35.4 Å². The number of rotatable bonds is 4. The number of thiazole rings is 1. The third kappa shape index (κ3) is 3.50. The minimum absolute atomic E-state index is 0.539. The molecular formula is C13H23N3S. The third-order valence-corrected chi connectivity index (χ3v) is 4.73. The van der Waals surface area contributed by atoms with Crippen LogP contribution in [0, 0.1) is 0 Å². The highest BCUT2D eigenvalue weighted by molar-refractivity contribution is 7.11. The maximum absolute atomic E-state index is 4.63. The molecule has 1 fully saturated rings. The molecule has 2 heterocycles. The number of nitrogens with one attached hydrogen (secondary N) is 1. The molecular weight excluding hydrogens is 230 g/mol. The first-order valence-corrected chi connectivity index (χ1v) is 7.31. The molecule has 1 aliphatic heterocycles. The number of hydrogen-bond acceptors (Lipinski definition) is 4. The average Bonchev–Trinajstić information content (AvgIpc) is 2.77. The van der Waals surface area contributed by atoms with E-state index in [1.54, 1.807) is 0 Å². The molecule has 0 bridgehead atoms. The first kappa shape index (κ1) is 13.0. The molecule has 96 valence electrons. The lowest BCUT2D eigenvalue weighted by Crippen LogP contribution is -2.30. The molecule has 1 N–H and O–H groups in total. The molecule has 3 nitrogen and oxygen atoms in total. The van der Waals surface area contributed by atoms with Crippen LogP contribution in [0.3, 0.4) is 0 Å². The van der Waals surface area contributed by atoms with Crippen LogP contribution < -0.4 is 5.32 Å². The zero-order chi connectivity index (χ0) is 12.3. The van der Waals surface area contributed by atoms with E-state index in [4.69, 9.17) is 0 Å². The van der Waals surface area contributed by atoms with Gasteiger partial charge in [0.05, 0.1) is 5.01 Å². The van der Waals surface area contributed by atoms with Gasteiger partial charge in [0.2, 0.25) is 0 Å². The molecule has 0 radical (unpaired) electrons. The Labute approximate surface area is 108 Å². The van der Waals surface area contributed by atoms with Gasteiger partial charge < -0.3 is 10.2 Å². The van der Waals surface area contributed by atoms with E-state index in [0.29, 0.717) is 12.0 Å². The largest absolute Gasteiger partial charge is 0.317 e. The van der Waals surface area contributed by atoms with Gasteiger partial charge in [0.1, 0.15) is 0 Å². The van der Waals surface area contributed by atoms with Crippen LogP contribution in [0.15, 0.2) is 6.20 Å². The highest BCUT2D eigenvalue weighted by Crippen LogP contribution is 2.29. The molecule has 17 heavy (non-hydrogen) atoms. The Morgan fingerprint density at radius 3 is 3.18 bits per heavy atom. The first-order chi connectivity index (χ1) is 8.19. The number of piperidine rings is 1. The van der Waals surface area contributed by atoms with E-state index in [1.807, 2.05) is 18.4 Å². The summed E-state index contributed by atoms with van der Waals surface area (Å²) in [6.45, 7) is 4.63. The molecule has 0 amide bonds. The second-order valence-electron chi connectivity index (χ2n) is 5.16. The second kappa shape index (κ2) is 5.94. The molecule has 0 aliphatic carbocycles. The summed E-state index contributed by atoms with van der Waals surface area (Å²) in [5.74, 6) is 0.664. The number of nitrogens with zero attached hydrogens (tertiary/aromatic N) is 2. The lowest BCUT2D eigenvalue weighted by molar-refractivity contribution is 0.250. The molecule has 2 atom stereocenters. The van der Waals surface area contributed by atoms with Crippen LogP contribution in [0.25, 0.3) is 0 Å². The van der Waals surface area contributed by atoms with Crippen molar-refractivity contribution >= 4 is 11.3 Å². The van der Waals surface area contributed by atoms with Crippen molar-refractivity contribution in [3.63, 3.8) is 0 Å². The van der Waals surface area contributed by atoms with Crippen molar-refractivity contribution < 1.29 is 0 Å². The SMILES string of the molecule is CNC(C)Cc1cnc(C2CCCN(C)C2)s1. The Bertz CT molecular complexity index is 350. The zero-order valence-corrected chi connectivity index (χ0v) is 11.9. The molecule has 0 spiro atoms. The third-order valence-electron chi connectivity index (χ3n) is 3.55. The molecule has 2 unspecified atom stereocenters. The van der Waals surface area contributed by atoms with Gasteiger partial charge in [0.25, 0.3) is 0 Å². The Kier molecular flexibility index (Phi) is 4.54. The predicted molar refractivity (Wildman–Crippen MR) is 73.8 cm³/mol. The van der Waals surface area contributed by atoms with Gasteiger partial charge in [-0.3, -0.25) is 0 Å². The van der Waals surface area contributed by atoms with Crippen LogP contribution in [-0.4, -0.2) is 43.1 Å². The number of likely N-dealkylation sites (tertiary alicyclic amines) is 1. The van der Waals surface area contributed by atoms with Gasteiger partial charge in [-0.2, -0.15) is 0 Å². The molecule has 0 aromatic carbocycles. The highest BCUT2D eigenvalue weighted by Gasteiger charge is 2.21. The smallest absolute Gasteiger partial charge is 0.0971 e. The van der Waals surface area contributed by atoms with Crippen LogP contribution in [0.2, 0.25) is 0 Å². The van der Waals surface area contributed by atoms with Crippen molar-refractivity contribution in [2.24, 2.45) is 0 Å². The quantitative estimate of drug-likeness (QED) is 0.891. The zero-order valence-electron chi connectivity index (χ0n) is 11.1. The normalized spacial score (nSPS) is 23.8. The summed E-state index contributed by atoms with van der Waals surface area (Å²) in [5, 5.41) is 4.62. The molecule has 1 saturated heterocycles. The van der Waals surface area contributed by atoms with Gasteiger partial charge in [-0.25, -0.2) is 4.98 Å². The second-order valence-corrected chi connectivity index (χ2v) is 6.31. The standard InChI is InChI=1S/C13H23N3S/c1-10(14-2)7-12-8-15-13(17-12)11-5-4-6-16(3)9-11/h8,10-11,14H,4-7,9H2,1-3H3. The van der Waals surface area contributed by atoms with Crippen molar-refractivity contribution in [1.82, 2.24) is 15.2 Å². The van der Waals surface area contributed by atoms with Crippen LogP contribution in [0.4, 0.5) is 0 Å². The fourth-order valence-electron chi connectivity index (χ4n) is 2.38. The van der Waals surface area contributed by atoms with E-state index < -0.39 is 0 Å². The van der Waals surface area contributed by atoms with E-state index in [1.165, 1.54) is 35.8 Å². The average molecular weight is 253 g/mol. The van der Waals surface area contributed by atoms with Gasteiger partial charge in [-0.05, 0) is 46.8 Å². The summed E-state index contributed by atoms with van der Waals surface area (Å²) >= 11 is 1.91. The maximum Gasteiger partial charge on any atom is 0.0971 e. The topological polar surface area (TPSA) is 28.2 Å². The number of likely N-dealkylation sites (N-methyl/N-ethyl adjacent to an activating group) is 2. The van der Waals surface area contributed by atoms with Gasteiger partial charge in [-0.1, -0.05) is 0 Å². The lowest BCUT2D eigenvalue weighted by Gasteiger charge is -2.28. The summed E-state index contributed by atoms with van der Waals surface area (Å²) in [5.41, 5.74) is 0. The molecule has 1 aliphatic rings. The van der Waals surface area contributed by atoms with Crippen LogP contribution >= 0.6 is 11.3 Å². The minimum Gasteiger partial charge on any atom is -0.317 e. The maximum atomic E-state index is 4.63. The summed E-state index contributed by atoms with van der Waals surface area (Å²) < 4.78 is 0. The van der Waals surface area contributed by atoms with E-state index >= 15 is 0 Å². The summed E-state index contributed by atoms with van der Waals surface area (Å²) in [7, 11) is 4.23. The van der Waals surface area contributed by atoms with Crippen LogP contribution in [0.5, 0.6) is 0 Å². The van der Waals surface area contributed by atoms with Crippen molar-refractivity contribution in [3.8, 4) is 0 Å². The molecule has 1 aromatic heterocycles. The van der Waals surface area contributed by atoms with Crippen molar-refractivity contribution in [1.29, 1.82) is 0 Å².